The molecule has 0 radical (unpaired) electrons. The van der Waals surface area contributed by atoms with E-state index >= 15 is 0 Å². The first-order valence-electron chi connectivity index (χ1n) is 18.6. The van der Waals surface area contributed by atoms with E-state index in [0.29, 0.717) is 62.7 Å². The fraction of sp³-hybridized carbons (Fsp3) is 0.622. The number of methoxy groups -OCH3 is 1. The van der Waals surface area contributed by atoms with Crippen LogP contribution in [0.4, 0.5) is 18.0 Å². The molecule has 6 rings (SSSR count). The fourth-order valence-corrected chi connectivity index (χ4v) is 8.46. The van der Waals surface area contributed by atoms with Gasteiger partial charge in [0.2, 0.25) is 33.3 Å². The molecule has 3 N–H and O–H groups in total. The molecule has 1 aromatic carbocycles. The van der Waals surface area contributed by atoms with Crippen molar-refractivity contribution in [3.8, 4) is 11.6 Å². The van der Waals surface area contributed by atoms with Crippen LogP contribution in [0.1, 0.15) is 72.6 Å². The Labute approximate surface area is 322 Å². The summed E-state index contributed by atoms with van der Waals surface area (Å²) in [6, 6.07) is 2.32. The second-order valence-corrected chi connectivity index (χ2v) is 17.7. The van der Waals surface area contributed by atoms with Gasteiger partial charge in [-0.25, -0.2) is 23.2 Å². The first-order valence-corrected chi connectivity index (χ1v) is 20.2. The molecule has 2 aromatic rings. The van der Waals surface area contributed by atoms with Gasteiger partial charge >= 0.3 is 12.3 Å². The molecule has 4 aliphatic rings. The molecule has 1 aromatic heterocycles. The van der Waals surface area contributed by atoms with Crippen molar-refractivity contribution < 1.29 is 55.0 Å². The molecule has 4 amide bonds. The SMILES string of the molecule is COc1ccc2ncc(O[C@@H]3C[C@H]4C(=O)N[C@]5(C(=O)NS(=O)(=O)C6CC6)C[C@H]5/C=C\[C@@H](C)CCC[C@@H](C)[C@H](NC(=O)OC(C)(C)C(F)(F)F)C(=O)N4C3)nc2c1. The lowest BCUT2D eigenvalue weighted by molar-refractivity contribution is -0.244. The molecule has 0 bridgehead atoms. The van der Waals surface area contributed by atoms with E-state index in [2.05, 4.69) is 25.3 Å². The maximum atomic E-state index is 14.6. The third kappa shape index (κ3) is 8.81. The number of alkyl carbamates (subject to hydrolysis) is 1. The number of aromatic nitrogens is 2. The summed E-state index contributed by atoms with van der Waals surface area (Å²) in [4.78, 5) is 65.8. The van der Waals surface area contributed by atoms with E-state index in [4.69, 9.17) is 14.2 Å². The monoisotopic (exact) mass is 808 g/mol. The van der Waals surface area contributed by atoms with E-state index < -0.39 is 86.4 Å². The van der Waals surface area contributed by atoms with Crippen molar-refractivity contribution in [3.05, 3.63) is 36.5 Å². The summed E-state index contributed by atoms with van der Waals surface area (Å²) in [5, 5.41) is 4.42. The Morgan fingerprint density at radius 3 is 2.46 bits per heavy atom. The van der Waals surface area contributed by atoms with Crippen LogP contribution in [-0.2, 0) is 29.1 Å². The zero-order valence-electron chi connectivity index (χ0n) is 31.7. The van der Waals surface area contributed by atoms with Crippen LogP contribution in [0.25, 0.3) is 11.0 Å². The van der Waals surface area contributed by atoms with E-state index in [9.17, 15) is 40.8 Å². The zero-order valence-corrected chi connectivity index (χ0v) is 32.5. The number of carbonyl (C=O) groups is 4. The molecule has 1 saturated heterocycles. The number of hydrogen-bond acceptors (Lipinski definition) is 11. The van der Waals surface area contributed by atoms with Crippen molar-refractivity contribution in [1.82, 2.24) is 30.2 Å². The number of alkyl halides is 3. The third-order valence-corrected chi connectivity index (χ3v) is 12.8. The van der Waals surface area contributed by atoms with E-state index in [0.717, 1.165) is 4.90 Å². The lowest BCUT2D eigenvalue weighted by Gasteiger charge is -2.33. The first kappa shape index (κ1) is 41.0. The standard InChI is InChI=1S/C37H47F3N6O9S/c1-20-7-6-8-21(2)30(43-34(50)55-35(3,4)37(38,39)40)32(48)46-19-24(54-29-18-41-26-14-11-23(53-5)15-27(26)42-29)16-28(46)31(47)44-36(17-22(36)10-9-20)33(49)45-56(51,52)25-12-13-25/h9-11,14-15,18,20-22,24-25,28,30H,6-8,12-13,16-17,19H2,1-5H3,(H,43,50)(H,44,47)(H,45,49)/b10-9-/t20-,21+,22+,24+,28-,30-,36+/m0/s1. The third-order valence-electron chi connectivity index (χ3n) is 11.0. The summed E-state index contributed by atoms with van der Waals surface area (Å²) in [6.45, 7) is 4.75. The highest BCUT2D eigenvalue weighted by Crippen LogP contribution is 2.46. The minimum absolute atomic E-state index is 0.0282. The van der Waals surface area contributed by atoms with Gasteiger partial charge in [0.15, 0.2) is 0 Å². The van der Waals surface area contributed by atoms with Gasteiger partial charge in [-0.2, -0.15) is 13.2 Å². The Bertz CT molecular complexity index is 2010. The molecule has 0 unspecified atom stereocenters. The number of nitrogens with zero attached hydrogens (tertiary/aromatic N) is 3. The zero-order chi connectivity index (χ0) is 40.8. The largest absolute Gasteiger partial charge is 0.497 e. The van der Waals surface area contributed by atoms with Crippen LogP contribution >= 0.6 is 0 Å². The summed E-state index contributed by atoms with van der Waals surface area (Å²) in [6.07, 6.45) is 0.107. The highest BCUT2D eigenvalue weighted by Gasteiger charge is 2.62. The number of hydrogen-bond donors (Lipinski definition) is 3. The second kappa shape index (κ2) is 15.3. The van der Waals surface area contributed by atoms with E-state index in [1.54, 1.807) is 31.2 Å². The minimum Gasteiger partial charge on any atom is -0.497 e. The fourth-order valence-electron chi connectivity index (χ4n) is 7.09. The predicted octanol–water partition coefficient (Wildman–Crippen LogP) is 3.92. The summed E-state index contributed by atoms with van der Waals surface area (Å²) in [5.74, 6) is -3.09. The number of rotatable bonds is 8. The molecule has 56 heavy (non-hydrogen) atoms. The topological polar surface area (TPSA) is 195 Å². The summed E-state index contributed by atoms with van der Waals surface area (Å²) >= 11 is 0. The van der Waals surface area contributed by atoms with Crippen molar-refractivity contribution in [2.45, 2.75) is 113 Å². The summed E-state index contributed by atoms with van der Waals surface area (Å²) in [7, 11) is -2.48. The minimum atomic E-state index is -4.91. The molecule has 19 heteroatoms. The van der Waals surface area contributed by atoms with Gasteiger partial charge in [0.25, 0.3) is 5.91 Å². The maximum absolute atomic E-state index is 14.6. The number of sulfonamides is 1. The van der Waals surface area contributed by atoms with Crippen LogP contribution in [-0.4, -0.2) is 102 Å². The molecule has 3 heterocycles. The maximum Gasteiger partial charge on any atom is 0.427 e. The number of allylic oxidation sites excluding steroid dienone is 1. The van der Waals surface area contributed by atoms with Crippen molar-refractivity contribution >= 4 is 44.9 Å². The van der Waals surface area contributed by atoms with E-state index in [1.165, 1.54) is 13.3 Å². The predicted molar refractivity (Wildman–Crippen MR) is 195 cm³/mol. The Hall–Kier alpha value is -4.68. The normalized spacial score (nSPS) is 29.5. The molecule has 3 fully saturated rings. The van der Waals surface area contributed by atoms with Gasteiger partial charge in [-0.15, -0.1) is 0 Å². The smallest absolute Gasteiger partial charge is 0.427 e. The highest BCUT2D eigenvalue weighted by molar-refractivity contribution is 7.91. The molecule has 0 spiro atoms. The van der Waals surface area contributed by atoms with Gasteiger partial charge in [-0.05, 0) is 69.9 Å². The van der Waals surface area contributed by atoms with Gasteiger partial charge in [0.1, 0.15) is 29.5 Å². The Morgan fingerprint density at radius 1 is 1.05 bits per heavy atom. The average Bonchev–Trinajstić information content (AvgIpc) is 4.05. The number of carbonyl (C=O) groups excluding carboxylic acids is 4. The van der Waals surface area contributed by atoms with E-state index in [-0.39, 0.29) is 31.2 Å². The molecule has 306 valence electrons. The molecule has 2 saturated carbocycles. The quantitative estimate of drug-likeness (QED) is 0.327. The Balaban J connectivity index is 1.33. The number of fused-ring (bicyclic) bond motifs is 3. The van der Waals surface area contributed by atoms with Gasteiger partial charge in [0, 0.05) is 18.4 Å². The van der Waals surface area contributed by atoms with E-state index in [1.807, 2.05) is 13.0 Å². The van der Waals surface area contributed by atoms with Crippen LogP contribution in [0.2, 0.25) is 0 Å². The number of nitrogens with one attached hydrogen (secondary N) is 3. The van der Waals surface area contributed by atoms with Crippen LogP contribution in [0.3, 0.4) is 0 Å². The highest BCUT2D eigenvalue weighted by atomic mass is 32.2. The Kier molecular flexibility index (Phi) is 11.2. The lowest BCUT2D eigenvalue weighted by Crippen LogP contribution is -2.59. The number of benzene rings is 1. The molecule has 15 nitrogen and oxygen atoms in total. The molecular formula is C37H47F3N6O9S. The number of amides is 4. The second-order valence-electron chi connectivity index (χ2n) is 15.8. The van der Waals surface area contributed by atoms with Crippen molar-refractivity contribution in [1.29, 1.82) is 0 Å². The Morgan fingerprint density at radius 2 is 1.79 bits per heavy atom. The van der Waals surface area contributed by atoms with Crippen molar-refractivity contribution in [2.24, 2.45) is 17.8 Å². The van der Waals surface area contributed by atoms with Crippen molar-refractivity contribution in [2.75, 3.05) is 13.7 Å². The van der Waals surface area contributed by atoms with Gasteiger partial charge < -0.3 is 29.7 Å². The lowest BCUT2D eigenvalue weighted by atomic mass is 9.92. The van der Waals surface area contributed by atoms with Gasteiger partial charge in [0.05, 0.1) is 36.1 Å². The van der Waals surface area contributed by atoms with Crippen LogP contribution in [0, 0.1) is 17.8 Å². The molecule has 7 atom stereocenters. The average molecular weight is 809 g/mol. The molecular weight excluding hydrogens is 762 g/mol. The number of ether oxygens (including phenoxy) is 3. The first-order chi connectivity index (χ1) is 26.2. The van der Waals surface area contributed by atoms with Crippen molar-refractivity contribution in [3.63, 3.8) is 0 Å². The number of halogens is 3. The summed E-state index contributed by atoms with van der Waals surface area (Å²) in [5.41, 5.74) is -3.53. The van der Waals surface area contributed by atoms with Gasteiger partial charge in [-0.3, -0.25) is 19.1 Å². The van der Waals surface area contributed by atoms with Crippen LogP contribution in [0.5, 0.6) is 11.6 Å². The van der Waals surface area contributed by atoms with Crippen LogP contribution in [0.15, 0.2) is 36.5 Å². The molecule has 2 aliphatic heterocycles. The van der Waals surface area contributed by atoms with Gasteiger partial charge in [-0.1, -0.05) is 32.4 Å². The van der Waals surface area contributed by atoms with Crippen LogP contribution < -0.4 is 24.8 Å². The summed E-state index contributed by atoms with van der Waals surface area (Å²) < 4.78 is 85.1. The molecule has 2 aliphatic carbocycles.